The molecule has 154 valence electrons. The van der Waals surface area contributed by atoms with Crippen LogP contribution in [0, 0.1) is 5.41 Å². The van der Waals surface area contributed by atoms with Gasteiger partial charge in [0.25, 0.3) is 0 Å². The summed E-state index contributed by atoms with van der Waals surface area (Å²) in [5.74, 6) is 0.942. The largest absolute Gasteiger partial charge is 0.497 e. The van der Waals surface area contributed by atoms with Gasteiger partial charge in [-0.2, -0.15) is 0 Å². The van der Waals surface area contributed by atoms with Gasteiger partial charge in [0.2, 0.25) is 11.8 Å². The van der Waals surface area contributed by atoms with Crippen LogP contribution in [0.5, 0.6) is 17.2 Å². The Morgan fingerprint density at radius 2 is 1.52 bits per heavy atom. The number of anilines is 2. The highest BCUT2D eigenvalue weighted by molar-refractivity contribution is 6.17. The molecule has 2 amide bonds. The fourth-order valence-corrected chi connectivity index (χ4v) is 2.99. The summed E-state index contributed by atoms with van der Waals surface area (Å²) in [5, 5.41) is 5.67. The fourth-order valence-electron chi connectivity index (χ4n) is 2.99. The molecular formula is C22H26N2O5. The van der Waals surface area contributed by atoms with E-state index in [0.717, 1.165) is 0 Å². The van der Waals surface area contributed by atoms with Crippen molar-refractivity contribution in [2.75, 3.05) is 24.9 Å². The van der Waals surface area contributed by atoms with Gasteiger partial charge in [-0.15, -0.1) is 0 Å². The van der Waals surface area contributed by atoms with E-state index in [1.54, 1.807) is 37.4 Å². The minimum absolute atomic E-state index is 0.0335. The van der Waals surface area contributed by atoms with Gasteiger partial charge >= 0.3 is 0 Å². The van der Waals surface area contributed by atoms with Gasteiger partial charge in [-0.05, 0) is 51.0 Å². The molecule has 2 N–H and O–H groups in total. The smallest absolute Gasteiger partial charge is 0.240 e. The summed E-state index contributed by atoms with van der Waals surface area (Å²) in [4.78, 5) is 25.9. The summed E-state index contributed by atoms with van der Waals surface area (Å²) in [6.45, 7) is 3.83. The summed E-state index contributed by atoms with van der Waals surface area (Å²) in [6, 6.07) is 12.3. The first kappa shape index (κ1) is 20.5. The van der Waals surface area contributed by atoms with Crippen molar-refractivity contribution in [3.63, 3.8) is 0 Å². The highest BCUT2D eigenvalue weighted by atomic mass is 16.5. The molecule has 1 saturated carbocycles. The number of carbonyl (C=O) groups excluding carboxylic acids is 2. The summed E-state index contributed by atoms with van der Waals surface area (Å²) in [7, 11) is 3.06. The highest BCUT2D eigenvalue weighted by Gasteiger charge is 2.56. The maximum absolute atomic E-state index is 12.9. The number of carbonyl (C=O) groups is 2. The molecule has 0 radical (unpaired) electrons. The predicted octanol–water partition coefficient (Wildman–Crippen LogP) is 3.85. The first-order valence-corrected chi connectivity index (χ1v) is 9.50. The van der Waals surface area contributed by atoms with Crippen molar-refractivity contribution in [2.45, 2.75) is 32.8 Å². The van der Waals surface area contributed by atoms with Crippen LogP contribution in [-0.4, -0.2) is 32.1 Å². The Labute approximate surface area is 170 Å². The lowest BCUT2D eigenvalue weighted by molar-refractivity contribution is -0.131. The second-order valence-electron chi connectivity index (χ2n) is 7.22. The Bertz CT molecular complexity index is 906. The van der Waals surface area contributed by atoms with E-state index in [2.05, 4.69) is 10.6 Å². The standard InChI is InChI=1S/C22H26N2O5/c1-14(2)29-18-8-6-5-7-16(18)23-20(25)22(11-12-22)21(26)24-17-10-9-15(27-3)13-19(17)28-4/h5-10,13-14H,11-12H2,1-4H3,(H,23,25)(H,24,26). The number of amides is 2. The van der Waals surface area contributed by atoms with Gasteiger partial charge in [0.05, 0.1) is 31.7 Å². The van der Waals surface area contributed by atoms with Gasteiger partial charge in [-0.25, -0.2) is 0 Å². The Morgan fingerprint density at radius 3 is 2.07 bits per heavy atom. The number of hydrogen-bond donors (Lipinski definition) is 2. The third-order valence-corrected chi connectivity index (χ3v) is 4.77. The molecule has 1 aliphatic rings. The van der Waals surface area contributed by atoms with Crippen LogP contribution >= 0.6 is 0 Å². The van der Waals surface area contributed by atoms with E-state index in [0.29, 0.717) is 41.5 Å². The fraction of sp³-hybridized carbons (Fsp3) is 0.364. The summed E-state index contributed by atoms with van der Waals surface area (Å²) in [5.41, 5.74) is -0.0659. The van der Waals surface area contributed by atoms with E-state index in [9.17, 15) is 9.59 Å². The second-order valence-corrected chi connectivity index (χ2v) is 7.22. The van der Waals surface area contributed by atoms with E-state index >= 15 is 0 Å². The lowest BCUT2D eigenvalue weighted by Crippen LogP contribution is -2.35. The zero-order valence-electron chi connectivity index (χ0n) is 17.1. The second kappa shape index (κ2) is 8.43. The monoisotopic (exact) mass is 398 g/mol. The van der Waals surface area contributed by atoms with Crippen LogP contribution in [0.15, 0.2) is 42.5 Å². The van der Waals surface area contributed by atoms with E-state index in [-0.39, 0.29) is 17.9 Å². The van der Waals surface area contributed by atoms with Gasteiger partial charge in [0.1, 0.15) is 22.7 Å². The van der Waals surface area contributed by atoms with Gasteiger partial charge in [0, 0.05) is 6.07 Å². The third-order valence-electron chi connectivity index (χ3n) is 4.77. The van der Waals surface area contributed by atoms with Gasteiger partial charge in [-0.1, -0.05) is 12.1 Å². The molecule has 0 unspecified atom stereocenters. The molecule has 0 aliphatic heterocycles. The highest BCUT2D eigenvalue weighted by Crippen LogP contribution is 2.48. The van der Waals surface area contributed by atoms with Crippen molar-refractivity contribution in [1.29, 1.82) is 0 Å². The number of ether oxygens (including phenoxy) is 3. The lowest BCUT2D eigenvalue weighted by atomic mass is 10.0. The first-order valence-electron chi connectivity index (χ1n) is 9.50. The van der Waals surface area contributed by atoms with Crippen molar-refractivity contribution in [1.82, 2.24) is 0 Å². The van der Waals surface area contributed by atoms with Crippen LogP contribution in [0.2, 0.25) is 0 Å². The first-order chi connectivity index (χ1) is 13.9. The molecule has 0 atom stereocenters. The Hall–Kier alpha value is -3.22. The summed E-state index contributed by atoms with van der Waals surface area (Å²) in [6.07, 6.45) is 0.931. The molecule has 7 heteroatoms. The topological polar surface area (TPSA) is 85.9 Å². The zero-order chi connectivity index (χ0) is 21.0. The van der Waals surface area contributed by atoms with Gasteiger partial charge in [0.15, 0.2) is 0 Å². The van der Waals surface area contributed by atoms with Crippen molar-refractivity contribution in [2.24, 2.45) is 5.41 Å². The zero-order valence-corrected chi connectivity index (χ0v) is 17.1. The number of benzene rings is 2. The van der Waals surface area contributed by atoms with Crippen molar-refractivity contribution in [3.05, 3.63) is 42.5 Å². The molecule has 1 aliphatic carbocycles. The van der Waals surface area contributed by atoms with E-state index < -0.39 is 5.41 Å². The van der Waals surface area contributed by atoms with Crippen LogP contribution in [0.1, 0.15) is 26.7 Å². The molecule has 2 aromatic rings. The number of methoxy groups -OCH3 is 2. The van der Waals surface area contributed by atoms with Gasteiger partial charge in [-0.3, -0.25) is 9.59 Å². The molecule has 1 fully saturated rings. The van der Waals surface area contributed by atoms with Crippen molar-refractivity contribution < 1.29 is 23.8 Å². The van der Waals surface area contributed by atoms with E-state index in [4.69, 9.17) is 14.2 Å². The summed E-state index contributed by atoms with van der Waals surface area (Å²) >= 11 is 0. The molecular weight excluding hydrogens is 372 g/mol. The molecule has 0 bridgehead atoms. The quantitative estimate of drug-likeness (QED) is 0.660. The number of para-hydroxylation sites is 2. The van der Waals surface area contributed by atoms with Crippen molar-refractivity contribution in [3.8, 4) is 17.2 Å². The van der Waals surface area contributed by atoms with Crippen molar-refractivity contribution >= 4 is 23.2 Å². The lowest BCUT2D eigenvalue weighted by Gasteiger charge is -2.19. The molecule has 0 heterocycles. The maximum atomic E-state index is 12.9. The molecule has 0 saturated heterocycles. The van der Waals surface area contributed by atoms with Gasteiger partial charge < -0.3 is 24.8 Å². The van der Waals surface area contributed by atoms with Crippen LogP contribution < -0.4 is 24.8 Å². The Kier molecular flexibility index (Phi) is 5.96. The number of nitrogens with one attached hydrogen (secondary N) is 2. The predicted molar refractivity (Wildman–Crippen MR) is 111 cm³/mol. The number of hydrogen-bond acceptors (Lipinski definition) is 5. The molecule has 2 aromatic carbocycles. The number of rotatable bonds is 8. The average molecular weight is 398 g/mol. The van der Waals surface area contributed by atoms with Crippen LogP contribution in [0.3, 0.4) is 0 Å². The molecule has 7 nitrogen and oxygen atoms in total. The van der Waals surface area contributed by atoms with Crippen LogP contribution in [0.25, 0.3) is 0 Å². The minimum atomic E-state index is -1.10. The molecule has 3 rings (SSSR count). The average Bonchev–Trinajstić information content (AvgIpc) is 3.51. The molecule has 0 spiro atoms. The Balaban J connectivity index is 1.75. The Morgan fingerprint density at radius 1 is 0.897 bits per heavy atom. The van der Waals surface area contributed by atoms with Crippen LogP contribution in [-0.2, 0) is 9.59 Å². The minimum Gasteiger partial charge on any atom is -0.497 e. The summed E-state index contributed by atoms with van der Waals surface area (Å²) < 4.78 is 16.2. The maximum Gasteiger partial charge on any atom is 0.240 e. The van der Waals surface area contributed by atoms with E-state index in [1.165, 1.54) is 7.11 Å². The SMILES string of the molecule is COc1ccc(NC(=O)C2(C(=O)Nc3ccccc3OC(C)C)CC2)c(OC)c1. The molecule has 0 aromatic heterocycles. The van der Waals surface area contributed by atoms with E-state index in [1.807, 2.05) is 26.0 Å². The van der Waals surface area contributed by atoms with Crippen LogP contribution in [0.4, 0.5) is 11.4 Å². The molecule has 29 heavy (non-hydrogen) atoms. The normalized spacial score (nSPS) is 14.1. The third kappa shape index (κ3) is 4.45.